The molecule has 174 valence electrons. The fraction of sp³-hybridized carbons (Fsp3) is 0.348. The predicted molar refractivity (Wildman–Crippen MR) is 121 cm³/mol. The number of ether oxygens (including phenoxy) is 1. The highest BCUT2D eigenvalue weighted by Gasteiger charge is 2.63. The topological polar surface area (TPSA) is 127 Å². The molecule has 0 radical (unpaired) electrons. The number of morpholine rings is 1. The van der Waals surface area contributed by atoms with Gasteiger partial charge in [0.1, 0.15) is 10.7 Å². The van der Waals surface area contributed by atoms with Gasteiger partial charge in [-0.05, 0) is 44.0 Å². The number of amides is 4. The Hall–Kier alpha value is -3.50. The number of carbonyl (C=O) groups is 3. The second kappa shape index (κ2) is 7.25. The van der Waals surface area contributed by atoms with Gasteiger partial charge in [0.2, 0.25) is 11.8 Å². The third-order valence-electron chi connectivity index (χ3n) is 6.90. The molecular weight excluding hydrogens is 462 g/mol. The van der Waals surface area contributed by atoms with Crippen molar-refractivity contribution < 1.29 is 23.6 Å². The van der Waals surface area contributed by atoms with Gasteiger partial charge in [-0.2, -0.15) is 0 Å². The van der Waals surface area contributed by atoms with Gasteiger partial charge < -0.3 is 14.2 Å². The van der Waals surface area contributed by atoms with E-state index in [0.29, 0.717) is 39.5 Å². The minimum absolute atomic E-state index is 0.0316. The number of rotatable bonds is 1. The maximum Gasteiger partial charge on any atom is 0.328 e. The van der Waals surface area contributed by atoms with Gasteiger partial charge in [-0.15, -0.1) is 0 Å². The quantitative estimate of drug-likeness (QED) is 0.507. The molecule has 3 atom stereocenters. The standard InChI is InChI=1S/C23H20ClN5O5/c1-10-9-29-17-13(6-14-16(12-4-3-5-25-8-12)28-34-18(14)15(17)24)7-23(19(29)11(2)33-10)20(30)26-22(32)27-21(23)31/h3-6,8,10-11,19H,7,9H2,1-2H3,(H2,26,27,30,31,32)/t10-,11+,19-/m0/s1. The van der Waals surface area contributed by atoms with E-state index in [1.807, 2.05) is 30.9 Å². The molecule has 0 unspecified atom stereocenters. The number of urea groups is 1. The number of pyridine rings is 1. The minimum atomic E-state index is -1.58. The number of nitrogens with zero attached hydrogens (tertiary/aromatic N) is 3. The summed E-state index contributed by atoms with van der Waals surface area (Å²) in [4.78, 5) is 44.6. The zero-order valence-corrected chi connectivity index (χ0v) is 19.0. The van der Waals surface area contributed by atoms with Crippen molar-refractivity contribution >= 4 is 46.1 Å². The van der Waals surface area contributed by atoms with Crippen LogP contribution in [-0.4, -0.2) is 52.8 Å². The molecule has 3 aliphatic rings. The van der Waals surface area contributed by atoms with E-state index in [1.165, 1.54) is 0 Å². The number of hydrogen-bond acceptors (Lipinski definition) is 8. The Morgan fingerprint density at radius 1 is 1.21 bits per heavy atom. The second-order valence-corrected chi connectivity index (χ2v) is 9.36. The first-order chi connectivity index (χ1) is 16.3. The average molecular weight is 482 g/mol. The molecule has 1 aromatic carbocycles. The number of hydrogen-bond donors (Lipinski definition) is 2. The molecule has 3 aromatic rings. The van der Waals surface area contributed by atoms with Crippen molar-refractivity contribution in [1.29, 1.82) is 0 Å². The van der Waals surface area contributed by atoms with E-state index in [4.69, 9.17) is 20.9 Å². The summed E-state index contributed by atoms with van der Waals surface area (Å²) in [6.07, 6.45) is 2.68. The lowest BCUT2D eigenvalue weighted by molar-refractivity contribution is -0.153. The molecule has 3 aliphatic heterocycles. The van der Waals surface area contributed by atoms with Crippen LogP contribution in [0.25, 0.3) is 22.2 Å². The number of fused-ring (bicyclic) bond motifs is 5. The molecule has 2 aromatic heterocycles. The maximum absolute atomic E-state index is 13.3. The van der Waals surface area contributed by atoms with Gasteiger partial charge in [-0.3, -0.25) is 25.2 Å². The van der Waals surface area contributed by atoms with Crippen LogP contribution in [0.3, 0.4) is 0 Å². The van der Waals surface area contributed by atoms with Crippen LogP contribution >= 0.6 is 11.6 Å². The summed E-state index contributed by atoms with van der Waals surface area (Å²) in [7, 11) is 0. The zero-order chi connectivity index (χ0) is 23.8. The first-order valence-corrected chi connectivity index (χ1v) is 11.3. The maximum atomic E-state index is 13.3. The summed E-state index contributed by atoms with van der Waals surface area (Å²) >= 11 is 6.91. The summed E-state index contributed by atoms with van der Waals surface area (Å²) in [6, 6.07) is 3.99. The molecule has 6 rings (SSSR count). The Morgan fingerprint density at radius 2 is 1.97 bits per heavy atom. The third-order valence-corrected chi connectivity index (χ3v) is 7.25. The van der Waals surface area contributed by atoms with Crippen LogP contribution in [0.2, 0.25) is 5.02 Å². The molecule has 2 saturated heterocycles. The van der Waals surface area contributed by atoms with E-state index >= 15 is 0 Å². The van der Waals surface area contributed by atoms with Crippen molar-refractivity contribution in [3.63, 3.8) is 0 Å². The molecule has 11 heteroatoms. The molecular formula is C23H20ClN5O5. The van der Waals surface area contributed by atoms with Crippen LogP contribution < -0.4 is 15.5 Å². The predicted octanol–water partition coefficient (Wildman–Crippen LogP) is 2.43. The minimum Gasteiger partial charge on any atom is -0.372 e. The lowest BCUT2D eigenvalue weighted by Gasteiger charge is -2.55. The Bertz CT molecular complexity index is 1350. The number of nitrogens with one attached hydrogen (secondary N) is 2. The largest absolute Gasteiger partial charge is 0.372 e. The normalized spacial score (nSPS) is 25.7. The Balaban J connectivity index is 1.61. The van der Waals surface area contributed by atoms with Crippen LogP contribution in [0.4, 0.5) is 10.5 Å². The molecule has 4 amide bonds. The van der Waals surface area contributed by atoms with Crippen LogP contribution in [-0.2, 0) is 20.7 Å². The molecule has 2 fully saturated rings. The Morgan fingerprint density at radius 3 is 2.68 bits per heavy atom. The smallest absolute Gasteiger partial charge is 0.328 e. The van der Waals surface area contributed by atoms with E-state index < -0.39 is 35.4 Å². The van der Waals surface area contributed by atoms with Crippen molar-refractivity contribution in [1.82, 2.24) is 20.8 Å². The summed E-state index contributed by atoms with van der Waals surface area (Å²) in [5.74, 6) is -1.30. The third kappa shape index (κ3) is 2.75. The average Bonchev–Trinajstić information content (AvgIpc) is 3.21. The molecule has 5 heterocycles. The lowest BCUT2D eigenvalue weighted by atomic mass is 9.66. The monoisotopic (exact) mass is 481 g/mol. The van der Waals surface area contributed by atoms with E-state index in [-0.39, 0.29) is 12.5 Å². The number of aromatic nitrogens is 2. The summed E-state index contributed by atoms with van der Waals surface area (Å²) < 4.78 is 11.7. The number of anilines is 1. The van der Waals surface area contributed by atoms with E-state index in [9.17, 15) is 14.4 Å². The Kier molecular flexibility index (Phi) is 4.49. The van der Waals surface area contributed by atoms with Gasteiger partial charge in [0.15, 0.2) is 11.0 Å². The van der Waals surface area contributed by atoms with E-state index in [0.717, 1.165) is 5.56 Å². The number of benzene rings is 1. The van der Waals surface area contributed by atoms with Crippen molar-refractivity contribution in [2.24, 2.45) is 5.41 Å². The van der Waals surface area contributed by atoms with Gasteiger partial charge in [0, 0.05) is 24.5 Å². The van der Waals surface area contributed by atoms with E-state index in [1.54, 1.807) is 18.5 Å². The SMILES string of the molecule is C[C@H]1CN2c3c(cc4c(-c5cccnc5)noc4c3Cl)CC3(C(=O)NC(=O)NC3=O)[C@@H]2[C@@H](C)O1. The number of halogens is 1. The highest BCUT2D eigenvalue weighted by atomic mass is 35.5. The van der Waals surface area contributed by atoms with Crippen molar-refractivity contribution in [2.75, 3.05) is 11.4 Å². The first kappa shape index (κ1) is 21.1. The highest BCUT2D eigenvalue weighted by molar-refractivity contribution is 6.38. The molecule has 0 bridgehead atoms. The van der Waals surface area contributed by atoms with Gasteiger partial charge in [-0.1, -0.05) is 16.8 Å². The van der Waals surface area contributed by atoms with E-state index in [2.05, 4.69) is 20.8 Å². The lowest BCUT2D eigenvalue weighted by Crippen LogP contribution is -2.75. The second-order valence-electron chi connectivity index (χ2n) is 8.98. The number of imide groups is 2. The highest BCUT2D eigenvalue weighted by Crippen LogP contribution is 2.51. The zero-order valence-electron chi connectivity index (χ0n) is 18.3. The van der Waals surface area contributed by atoms with Crippen LogP contribution in [0.5, 0.6) is 0 Å². The van der Waals surface area contributed by atoms with Crippen LogP contribution in [0.1, 0.15) is 19.4 Å². The first-order valence-electron chi connectivity index (χ1n) is 10.9. The molecule has 10 nitrogen and oxygen atoms in total. The summed E-state index contributed by atoms with van der Waals surface area (Å²) in [6.45, 7) is 4.13. The van der Waals surface area contributed by atoms with Gasteiger partial charge in [-0.25, -0.2) is 4.79 Å². The molecule has 0 aliphatic carbocycles. The summed E-state index contributed by atoms with van der Waals surface area (Å²) in [5, 5.41) is 9.80. The van der Waals surface area contributed by atoms with Crippen molar-refractivity contribution in [3.05, 3.63) is 41.2 Å². The molecule has 2 N–H and O–H groups in total. The van der Waals surface area contributed by atoms with Crippen LogP contribution in [0.15, 0.2) is 35.1 Å². The molecule has 0 saturated carbocycles. The van der Waals surface area contributed by atoms with Crippen LogP contribution in [0, 0.1) is 5.41 Å². The Labute approximate surface area is 198 Å². The fourth-order valence-electron chi connectivity index (χ4n) is 5.66. The van der Waals surface area contributed by atoms with Gasteiger partial charge in [0.05, 0.1) is 29.3 Å². The van der Waals surface area contributed by atoms with Crippen molar-refractivity contribution in [3.8, 4) is 11.3 Å². The number of carbonyl (C=O) groups excluding carboxylic acids is 3. The fourth-order valence-corrected chi connectivity index (χ4v) is 6.03. The van der Waals surface area contributed by atoms with Gasteiger partial charge in [0.25, 0.3) is 0 Å². The van der Waals surface area contributed by atoms with Crippen molar-refractivity contribution in [2.45, 2.75) is 38.5 Å². The summed E-state index contributed by atoms with van der Waals surface area (Å²) in [5.41, 5.74) is 1.49. The van der Waals surface area contributed by atoms with Gasteiger partial charge >= 0.3 is 6.03 Å². The molecule has 1 spiro atoms. The molecule has 34 heavy (non-hydrogen) atoms. The number of barbiturate groups is 1.